The van der Waals surface area contributed by atoms with E-state index in [2.05, 4.69) is 37.3 Å². The Kier molecular flexibility index (Phi) is 3.09. The van der Waals surface area contributed by atoms with Crippen molar-refractivity contribution in [3.05, 3.63) is 47.0 Å². The van der Waals surface area contributed by atoms with Gasteiger partial charge in [-0.2, -0.15) is 0 Å². The normalized spacial score (nSPS) is 16.6. The van der Waals surface area contributed by atoms with Gasteiger partial charge in [0, 0.05) is 6.54 Å². The van der Waals surface area contributed by atoms with Crippen molar-refractivity contribution >= 4 is 10.8 Å². The standard InChI is InChI=1S/C17H21N/c1-12-6-7-13-8-9-15(11-18)17(16(13)10-12)14-4-2-3-5-14/h6-10,14H,2-5,11,18H2,1H3. The molecule has 0 aliphatic heterocycles. The molecular weight excluding hydrogens is 218 g/mol. The zero-order valence-electron chi connectivity index (χ0n) is 11.1. The van der Waals surface area contributed by atoms with Gasteiger partial charge in [0.25, 0.3) is 0 Å². The van der Waals surface area contributed by atoms with Crippen LogP contribution in [-0.4, -0.2) is 0 Å². The summed E-state index contributed by atoms with van der Waals surface area (Å²) in [6.45, 7) is 2.84. The Morgan fingerprint density at radius 1 is 1.11 bits per heavy atom. The molecule has 2 aromatic carbocycles. The van der Waals surface area contributed by atoms with E-state index >= 15 is 0 Å². The summed E-state index contributed by atoms with van der Waals surface area (Å²) in [6, 6.07) is 11.2. The molecule has 0 aromatic heterocycles. The second-order valence-corrected chi connectivity index (χ2v) is 5.55. The van der Waals surface area contributed by atoms with Crippen LogP contribution < -0.4 is 5.73 Å². The maximum absolute atomic E-state index is 5.95. The van der Waals surface area contributed by atoms with E-state index in [1.165, 1.54) is 53.1 Å². The lowest BCUT2D eigenvalue weighted by Crippen LogP contribution is -2.05. The minimum absolute atomic E-state index is 0.662. The van der Waals surface area contributed by atoms with Crippen LogP contribution in [0, 0.1) is 6.92 Å². The second kappa shape index (κ2) is 4.74. The highest BCUT2D eigenvalue weighted by molar-refractivity contribution is 5.88. The number of fused-ring (bicyclic) bond motifs is 1. The largest absolute Gasteiger partial charge is 0.326 e. The third-order valence-electron chi connectivity index (χ3n) is 4.29. The Labute approximate surface area is 109 Å². The lowest BCUT2D eigenvalue weighted by molar-refractivity contribution is 0.718. The molecule has 0 bridgehead atoms. The molecule has 18 heavy (non-hydrogen) atoms. The van der Waals surface area contributed by atoms with E-state index in [0.717, 1.165) is 5.92 Å². The van der Waals surface area contributed by atoms with E-state index in [-0.39, 0.29) is 0 Å². The minimum Gasteiger partial charge on any atom is -0.326 e. The number of hydrogen-bond donors (Lipinski definition) is 1. The topological polar surface area (TPSA) is 26.0 Å². The molecule has 1 aliphatic rings. The molecule has 1 nitrogen and oxygen atoms in total. The fourth-order valence-corrected chi connectivity index (χ4v) is 3.38. The zero-order valence-corrected chi connectivity index (χ0v) is 11.1. The average Bonchev–Trinajstić information content (AvgIpc) is 2.90. The summed E-state index contributed by atoms with van der Waals surface area (Å²) < 4.78 is 0. The molecule has 3 rings (SSSR count). The highest BCUT2D eigenvalue weighted by Gasteiger charge is 2.21. The zero-order chi connectivity index (χ0) is 12.5. The van der Waals surface area contributed by atoms with E-state index in [1.54, 1.807) is 0 Å². The number of aryl methyl sites for hydroxylation is 1. The van der Waals surface area contributed by atoms with Crippen LogP contribution >= 0.6 is 0 Å². The molecule has 94 valence electrons. The molecule has 1 aliphatic carbocycles. The SMILES string of the molecule is Cc1ccc2ccc(CN)c(C3CCCC3)c2c1. The van der Waals surface area contributed by atoms with Gasteiger partial charge in [-0.05, 0) is 47.6 Å². The number of rotatable bonds is 2. The summed E-state index contributed by atoms with van der Waals surface area (Å²) in [5.74, 6) is 0.731. The Morgan fingerprint density at radius 3 is 2.56 bits per heavy atom. The Bertz CT molecular complexity index is 565. The van der Waals surface area contributed by atoms with Gasteiger partial charge >= 0.3 is 0 Å². The summed E-state index contributed by atoms with van der Waals surface area (Å²) in [5.41, 5.74) is 10.2. The van der Waals surface area contributed by atoms with Crippen LogP contribution in [0.25, 0.3) is 10.8 Å². The van der Waals surface area contributed by atoms with E-state index in [4.69, 9.17) is 5.73 Å². The van der Waals surface area contributed by atoms with Gasteiger partial charge in [0.1, 0.15) is 0 Å². The van der Waals surface area contributed by atoms with Crippen molar-refractivity contribution in [3.63, 3.8) is 0 Å². The summed E-state index contributed by atoms with van der Waals surface area (Å²) in [6.07, 6.45) is 5.41. The monoisotopic (exact) mass is 239 g/mol. The molecule has 1 fully saturated rings. The maximum atomic E-state index is 5.95. The lowest BCUT2D eigenvalue weighted by Gasteiger charge is -2.18. The first kappa shape index (κ1) is 11.7. The molecule has 1 heteroatoms. The highest BCUT2D eigenvalue weighted by Crippen LogP contribution is 2.39. The maximum Gasteiger partial charge on any atom is 0.0181 e. The minimum atomic E-state index is 0.662. The van der Waals surface area contributed by atoms with E-state index in [1.807, 2.05) is 0 Å². The molecule has 0 spiro atoms. The first-order valence-corrected chi connectivity index (χ1v) is 7.02. The quantitative estimate of drug-likeness (QED) is 0.832. The van der Waals surface area contributed by atoms with E-state index in [9.17, 15) is 0 Å². The second-order valence-electron chi connectivity index (χ2n) is 5.55. The first-order chi connectivity index (χ1) is 8.79. The third kappa shape index (κ3) is 1.93. The molecule has 2 aromatic rings. The van der Waals surface area contributed by atoms with Gasteiger partial charge in [-0.3, -0.25) is 0 Å². The van der Waals surface area contributed by atoms with Crippen molar-refractivity contribution in [2.45, 2.75) is 45.1 Å². The van der Waals surface area contributed by atoms with E-state index < -0.39 is 0 Å². The van der Waals surface area contributed by atoms with Crippen LogP contribution in [0.2, 0.25) is 0 Å². The number of nitrogens with two attached hydrogens (primary N) is 1. The van der Waals surface area contributed by atoms with Gasteiger partial charge in [-0.1, -0.05) is 48.7 Å². The highest BCUT2D eigenvalue weighted by atomic mass is 14.5. The van der Waals surface area contributed by atoms with Crippen molar-refractivity contribution in [2.75, 3.05) is 0 Å². The van der Waals surface area contributed by atoms with Crippen LogP contribution in [0.5, 0.6) is 0 Å². The number of benzene rings is 2. The fourth-order valence-electron chi connectivity index (χ4n) is 3.38. The Hall–Kier alpha value is -1.34. The first-order valence-electron chi connectivity index (χ1n) is 7.02. The molecule has 0 unspecified atom stereocenters. The molecule has 0 saturated heterocycles. The summed E-state index contributed by atoms with van der Waals surface area (Å²) in [5, 5.41) is 2.80. The predicted octanol–water partition coefficient (Wildman–Crippen LogP) is 4.26. The van der Waals surface area contributed by atoms with Gasteiger partial charge in [0.2, 0.25) is 0 Å². The summed E-state index contributed by atoms with van der Waals surface area (Å²) in [4.78, 5) is 0. The molecule has 0 heterocycles. The Balaban J connectivity index is 2.25. The van der Waals surface area contributed by atoms with Crippen molar-refractivity contribution in [2.24, 2.45) is 5.73 Å². The predicted molar refractivity (Wildman–Crippen MR) is 77.8 cm³/mol. The molecule has 1 saturated carbocycles. The summed E-state index contributed by atoms with van der Waals surface area (Å²) >= 11 is 0. The fraction of sp³-hybridized carbons (Fsp3) is 0.412. The van der Waals surface area contributed by atoms with Crippen LogP contribution in [0.3, 0.4) is 0 Å². The lowest BCUT2D eigenvalue weighted by atomic mass is 9.87. The Morgan fingerprint density at radius 2 is 1.83 bits per heavy atom. The van der Waals surface area contributed by atoms with Crippen LogP contribution in [0.4, 0.5) is 0 Å². The molecule has 0 radical (unpaired) electrons. The molecular formula is C17H21N. The average molecular weight is 239 g/mol. The van der Waals surface area contributed by atoms with Gasteiger partial charge in [-0.25, -0.2) is 0 Å². The van der Waals surface area contributed by atoms with Crippen LogP contribution in [0.1, 0.15) is 48.3 Å². The van der Waals surface area contributed by atoms with E-state index in [0.29, 0.717) is 6.54 Å². The van der Waals surface area contributed by atoms with Gasteiger partial charge < -0.3 is 5.73 Å². The van der Waals surface area contributed by atoms with Crippen molar-refractivity contribution in [3.8, 4) is 0 Å². The van der Waals surface area contributed by atoms with Crippen molar-refractivity contribution in [1.82, 2.24) is 0 Å². The molecule has 0 atom stereocenters. The van der Waals surface area contributed by atoms with Gasteiger partial charge in [0.15, 0.2) is 0 Å². The molecule has 0 amide bonds. The van der Waals surface area contributed by atoms with Gasteiger partial charge in [0.05, 0.1) is 0 Å². The summed E-state index contributed by atoms with van der Waals surface area (Å²) in [7, 11) is 0. The van der Waals surface area contributed by atoms with Crippen LogP contribution in [-0.2, 0) is 6.54 Å². The van der Waals surface area contributed by atoms with Crippen LogP contribution in [0.15, 0.2) is 30.3 Å². The van der Waals surface area contributed by atoms with Crippen molar-refractivity contribution < 1.29 is 0 Å². The molecule has 2 N–H and O–H groups in total. The third-order valence-corrected chi connectivity index (χ3v) is 4.29. The smallest absolute Gasteiger partial charge is 0.0181 e. The number of hydrogen-bond acceptors (Lipinski definition) is 1. The van der Waals surface area contributed by atoms with Gasteiger partial charge in [-0.15, -0.1) is 0 Å². The van der Waals surface area contributed by atoms with Crippen molar-refractivity contribution in [1.29, 1.82) is 0 Å².